The topological polar surface area (TPSA) is 75.1 Å². The van der Waals surface area contributed by atoms with Crippen molar-refractivity contribution in [3.63, 3.8) is 0 Å². The molecule has 0 saturated carbocycles. The standard InChI is InChI=1S/C34H30N2O3S/c1-22-15-18-25(19-16-22)40(37,38)36-33-28-12-6-8-14-31(28)39-34(33)32(23-9-3-2-4-10-23)24-17-20-27-26-11-5-7-13-29(26)35-30(27)21-24/h2-4,6,8-10,12,14-21,32,35-36H,5,7,11,13H2,1H3. The highest BCUT2D eigenvalue weighted by atomic mass is 32.2. The minimum Gasteiger partial charge on any atom is -0.458 e. The van der Waals surface area contributed by atoms with Gasteiger partial charge in [0, 0.05) is 22.0 Å². The summed E-state index contributed by atoms with van der Waals surface area (Å²) in [5, 5.41) is 2.00. The molecule has 0 spiro atoms. The van der Waals surface area contributed by atoms with Crippen LogP contribution in [-0.2, 0) is 22.9 Å². The number of anilines is 1. The molecule has 0 amide bonds. The molecule has 2 N–H and O–H groups in total. The lowest BCUT2D eigenvalue weighted by Crippen LogP contribution is -2.15. The molecule has 0 fully saturated rings. The summed E-state index contributed by atoms with van der Waals surface area (Å²) in [4.78, 5) is 3.89. The predicted octanol–water partition coefficient (Wildman–Crippen LogP) is 8.08. The van der Waals surface area contributed by atoms with Gasteiger partial charge >= 0.3 is 0 Å². The molecular weight excluding hydrogens is 516 g/mol. The van der Waals surface area contributed by atoms with E-state index in [4.69, 9.17) is 4.42 Å². The number of fused-ring (bicyclic) bond motifs is 4. The zero-order valence-corrected chi connectivity index (χ0v) is 23.1. The molecule has 6 heteroatoms. The number of aromatic nitrogens is 1. The average molecular weight is 547 g/mol. The van der Waals surface area contributed by atoms with Crippen LogP contribution >= 0.6 is 0 Å². The summed E-state index contributed by atoms with van der Waals surface area (Å²) in [7, 11) is -3.86. The largest absolute Gasteiger partial charge is 0.458 e. The molecule has 2 heterocycles. The van der Waals surface area contributed by atoms with Crippen molar-refractivity contribution >= 4 is 37.6 Å². The molecule has 1 atom stereocenters. The Hall–Kier alpha value is -4.29. The van der Waals surface area contributed by atoms with Crippen LogP contribution in [0, 0.1) is 6.92 Å². The second kappa shape index (κ2) is 9.72. The zero-order valence-electron chi connectivity index (χ0n) is 22.3. The van der Waals surface area contributed by atoms with Crippen LogP contribution in [0.2, 0.25) is 0 Å². The summed E-state index contributed by atoms with van der Waals surface area (Å²) in [6.07, 6.45) is 4.61. The van der Waals surface area contributed by atoms with Crippen LogP contribution in [0.5, 0.6) is 0 Å². The molecular formula is C34H30N2O3S. The van der Waals surface area contributed by atoms with Crippen molar-refractivity contribution in [3.05, 3.63) is 131 Å². The van der Waals surface area contributed by atoms with Crippen LogP contribution < -0.4 is 4.72 Å². The lowest BCUT2D eigenvalue weighted by atomic mass is 9.87. The minimum atomic E-state index is -3.86. The van der Waals surface area contributed by atoms with Crippen molar-refractivity contribution in [1.82, 2.24) is 4.98 Å². The number of aromatic amines is 1. The fourth-order valence-corrected chi connectivity index (χ4v) is 7.13. The van der Waals surface area contributed by atoms with E-state index in [1.165, 1.54) is 29.5 Å². The third-order valence-electron chi connectivity index (χ3n) is 8.04. The number of hydrogen-bond acceptors (Lipinski definition) is 3. The van der Waals surface area contributed by atoms with E-state index in [9.17, 15) is 8.42 Å². The van der Waals surface area contributed by atoms with Gasteiger partial charge in [-0.1, -0.05) is 72.3 Å². The third-order valence-corrected chi connectivity index (χ3v) is 9.41. The summed E-state index contributed by atoms with van der Waals surface area (Å²) in [6, 6.07) is 31.2. The van der Waals surface area contributed by atoms with Crippen LogP contribution in [0.1, 0.15) is 52.5 Å². The molecule has 0 radical (unpaired) electrons. The maximum Gasteiger partial charge on any atom is 0.262 e. The van der Waals surface area contributed by atoms with Gasteiger partial charge in [0.1, 0.15) is 11.3 Å². The summed E-state index contributed by atoms with van der Waals surface area (Å²) >= 11 is 0. The number of benzene rings is 4. The van der Waals surface area contributed by atoms with Gasteiger partial charge in [-0.2, -0.15) is 0 Å². The SMILES string of the molecule is Cc1ccc(S(=O)(=O)Nc2c(C(c3ccccc3)c3ccc4c5c([nH]c4c3)CCCC5)oc3ccccc23)cc1. The second-order valence-electron chi connectivity index (χ2n) is 10.7. The maximum atomic E-state index is 13.6. The Morgan fingerprint density at radius 3 is 2.38 bits per heavy atom. The predicted molar refractivity (Wildman–Crippen MR) is 161 cm³/mol. The lowest BCUT2D eigenvalue weighted by molar-refractivity contribution is 0.543. The molecule has 200 valence electrons. The van der Waals surface area contributed by atoms with Crippen molar-refractivity contribution < 1.29 is 12.8 Å². The van der Waals surface area contributed by atoms with Crippen molar-refractivity contribution in [3.8, 4) is 0 Å². The molecule has 5 nitrogen and oxygen atoms in total. The Balaban J connectivity index is 1.42. The molecule has 7 rings (SSSR count). The average Bonchev–Trinajstić information content (AvgIpc) is 3.52. The summed E-state index contributed by atoms with van der Waals surface area (Å²) in [5.74, 6) is 0.243. The van der Waals surface area contributed by atoms with Gasteiger partial charge in [-0.3, -0.25) is 4.72 Å². The minimum absolute atomic E-state index is 0.212. The molecule has 1 aliphatic carbocycles. The van der Waals surface area contributed by atoms with Crippen LogP contribution in [0.3, 0.4) is 0 Å². The number of rotatable bonds is 6. The third kappa shape index (κ3) is 4.29. The van der Waals surface area contributed by atoms with Crippen LogP contribution in [0.25, 0.3) is 21.9 Å². The van der Waals surface area contributed by atoms with Crippen LogP contribution in [0.15, 0.2) is 106 Å². The number of H-pyrrole nitrogens is 1. The summed E-state index contributed by atoms with van der Waals surface area (Å²) in [6.45, 7) is 1.94. The number of furan rings is 1. The number of aryl methyl sites for hydroxylation is 3. The highest BCUT2D eigenvalue weighted by Crippen LogP contribution is 2.43. The number of para-hydroxylation sites is 1. The van der Waals surface area contributed by atoms with Gasteiger partial charge in [0.25, 0.3) is 10.0 Å². The number of sulfonamides is 1. The molecule has 2 aromatic heterocycles. The number of nitrogens with one attached hydrogen (secondary N) is 2. The fraction of sp³-hybridized carbons (Fsp3) is 0.176. The van der Waals surface area contributed by atoms with Crippen molar-refractivity contribution in [2.45, 2.75) is 43.4 Å². The summed E-state index contributed by atoms with van der Waals surface area (Å²) in [5.41, 5.74) is 8.04. The van der Waals surface area contributed by atoms with Gasteiger partial charge in [-0.15, -0.1) is 0 Å². The van der Waals surface area contributed by atoms with Gasteiger partial charge in [-0.05, 0) is 79.6 Å². The Morgan fingerprint density at radius 2 is 1.55 bits per heavy atom. The van der Waals surface area contributed by atoms with Crippen LogP contribution in [-0.4, -0.2) is 13.4 Å². The monoisotopic (exact) mass is 546 g/mol. The Labute approximate surface area is 233 Å². The first-order valence-corrected chi connectivity index (χ1v) is 15.3. The van der Waals surface area contributed by atoms with E-state index in [0.717, 1.165) is 40.4 Å². The molecule has 0 saturated heterocycles. The first-order valence-electron chi connectivity index (χ1n) is 13.8. The van der Waals surface area contributed by atoms with E-state index in [0.29, 0.717) is 17.0 Å². The molecule has 40 heavy (non-hydrogen) atoms. The molecule has 6 aromatic rings. The van der Waals surface area contributed by atoms with E-state index >= 15 is 0 Å². The number of hydrogen-bond donors (Lipinski definition) is 2. The van der Waals surface area contributed by atoms with Crippen LogP contribution in [0.4, 0.5) is 5.69 Å². The molecule has 0 bridgehead atoms. The summed E-state index contributed by atoms with van der Waals surface area (Å²) < 4.78 is 36.7. The van der Waals surface area contributed by atoms with Gasteiger partial charge in [-0.25, -0.2) is 8.42 Å². The van der Waals surface area contributed by atoms with Crippen molar-refractivity contribution in [2.75, 3.05) is 4.72 Å². The van der Waals surface area contributed by atoms with E-state index in [2.05, 4.69) is 40.0 Å². The first-order chi connectivity index (χ1) is 19.5. The smallest absolute Gasteiger partial charge is 0.262 e. The Kier molecular flexibility index (Phi) is 6.01. The van der Waals surface area contributed by atoms with Gasteiger partial charge in [0.2, 0.25) is 0 Å². The highest BCUT2D eigenvalue weighted by Gasteiger charge is 2.29. The van der Waals surface area contributed by atoms with Gasteiger partial charge in [0.05, 0.1) is 16.5 Å². The van der Waals surface area contributed by atoms with E-state index < -0.39 is 10.0 Å². The van der Waals surface area contributed by atoms with Crippen molar-refractivity contribution in [2.24, 2.45) is 0 Å². The van der Waals surface area contributed by atoms with E-state index in [1.54, 1.807) is 24.3 Å². The molecule has 1 aliphatic rings. The van der Waals surface area contributed by atoms with E-state index in [1.807, 2.05) is 49.4 Å². The normalized spacial score (nSPS) is 14.3. The molecule has 4 aromatic carbocycles. The highest BCUT2D eigenvalue weighted by molar-refractivity contribution is 7.92. The maximum absolute atomic E-state index is 13.6. The molecule has 0 aliphatic heterocycles. The first kappa shape index (κ1) is 24.7. The van der Waals surface area contributed by atoms with Crippen molar-refractivity contribution in [1.29, 1.82) is 0 Å². The zero-order chi connectivity index (χ0) is 27.3. The lowest BCUT2D eigenvalue weighted by Gasteiger charge is -2.19. The fourth-order valence-electron chi connectivity index (χ4n) is 6.04. The van der Waals surface area contributed by atoms with Gasteiger partial charge < -0.3 is 9.40 Å². The Morgan fingerprint density at radius 1 is 0.800 bits per heavy atom. The second-order valence-corrected chi connectivity index (χ2v) is 12.4. The quantitative estimate of drug-likeness (QED) is 0.222. The Bertz CT molecular complexity index is 1950. The molecule has 1 unspecified atom stereocenters. The van der Waals surface area contributed by atoms with Gasteiger partial charge in [0.15, 0.2) is 0 Å². The van der Waals surface area contributed by atoms with E-state index in [-0.39, 0.29) is 10.8 Å².